The number of fused-ring (bicyclic) bond motifs is 1. The van der Waals surface area contributed by atoms with Crippen molar-refractivity contribution in [3.8, 4) is 17.0 Å². The number of rotatable bonds is 3. The fourth-order valence-corrected chi connectivity index (χ4v) is 3.47. The predicted octanol–water partition coefficient (Wildman–Crippen LogP) is 3.45. The average Bonchev–Trinajstić information content (AvgIpc) is 3.09. The number of anilines is 1. The highest BCUT2D eigenvalue weighted by atomic mass is 19.1. The van der Waals surface area contributed by atoms with Gasteiger partial charge in [0.25, 0.3) is 5.78 Å². The molecule has 142 valence electrons. The van der Waals surface area contributed by atoms with Gasteiger partial charge in [0.2, 0.25) is 5.88 Å². The normalized spacial score (nSPS) is 15.5. The SMILES string of the molecule is COc1nc2ncnn2c(N2CCC(C)CC2)c1-c1c(F)cc(F)cc1F. The van der Waals surface area contributed by atoms with Crippen molar-refractivity contribution in [3.63, 3.8) is 0 Å². The predicted molar refractivity (Wildman–Crippen MR) is 93.3 cm³/mol. The van der Waals surface area contributed by atoms with Crippen LogP contribution in [-0.2, 0) is 0 Å². The first-order valence-electron chi connectivity index (χ1n) is 8.67. The van der Waals surface area contributed by atoms with E-state index >= 15 is 0 Å². The summed E-state index contributed by atoms with van der Waals surface area (Å²) in [5.74, 6) is -1.79. The number of methoxy groups -OCH3 is 1. The van der Waals surface area contributed by atoms with Crippen LogP contribution in [0.3, 0.4) is 0 Å². The Labute approximate surface area is 153 Å². The molecule has 1 saturated heterocycles. The van der Waals surface area contributed by atoms with Crippen molar-refractivity contribution in [3.05, 3.63) is 35.9 Å². The minimum Gasteiger partial charge on any atom is -0.480 e. The van der Waals surface area contributed by atoms with Gasteiger partial charge in [-0.2, -0.15) is 19.6 Å². The zero-order valence-corrected chi connectivity index (χ0v) is 14.9. The lowest BCUT2D eigenvalue weighted by molar-refractivity contribution is 0.397. The van der Waals surface area contributed by atoms with Crippen molar-refractivity contribution in [1.29, 1.82) is 0 Å². The number of piperidine rings is 1. The van der Waals surface area contributed by atoms with E-state index in [0.29, 0.717) is 37.0 Å². The van der Waals surface area contributed by atoms with Crippen LogP contribution < -0.4 is 9.64 Å². The molecule has 9 heteroatoms. The van der Waals surface area contributed by atoms with Gasteiger partial charge < -0.3 is 9.64 Å². The molecule has 0 N–H and O–H groups in total. The molecule has 6 nitrogen and oxygen atoms in total. The maximum Gasteiger partial charge on any atom is 0.257 e. The Bertz CT molecular complexity index is 975. The van der Waals surface area contributed by atoms with E-state index in [1.54, 1.807) is 0 Å². The van der Waals surface area contributed by atoms with Crippen LogP contribution in [0, 0.1) is 23.4 Å². The molecule has 0 radical (unpaired) electrons. The summed E-state index contributed by atoms with van der Waals surface area (Å²) in [6.45, 7) is 3.53. The minimum absolute atomic E-state index is 0.00790. The Hall–Kier alpha value is -2.84. The molecule has 0 saturated carbocycles. The summed E-state index contributed by atoms with van der Waals surface area (Å²) in [5, 5.41) is 4.18. The molecule has 1 aliphatic heterocycles. The van der Waals surface area contributed by atoms with Crippen molar-refractivity contribution in [2.45, 2.75) is 19.8 Å². The molecule has 3 aromatic rings. The van der Waals surface area contributed by atoms with E-state index in [-0.39, 0.29) is 17.2 Å². The Balaban J connectivity index is 2.03. The van der Waals surface area contributed by atoms with Crippen molar-refractivity contribution < 1.29 is 17.9 Å². The first kappa shape index (κ1) is 17.6. The third kappa shape index (κ3) is 2.96. The molecule has 1 aliphatic rings. The molecule has 2 aromatic heterocycles. The molecule has 1 fully saturated rings. The van der Waals surface area contributed by atoms with Crippen molar-refractivity contribution in [2.75, 3.05) is 25.1 Å². The topological polar surface area (TPSA) is 55.6 Å². The minimum atomic E-state index is -1.03. The van der Waals surface area contributed by atoms with Crippen LogP contribution in [0.4, 0.5) is 19.0 Å². The standard InChI is InChI=1S/C18H18F3N5O/c1-10-3-5-25(6-4-10)17-15(14-12(20)7-11(19)8-13(14)21)16(27-2)24-18-22-9-23-26(17)18/h7-10H,3-6H2,1-2H3. The third-order valence-electron chi connectivity index (χ3n) is 4.90. The second-order valence-corrected chi connectivity index (χ2v) is 6.71. The van der Waals surface area contributed by atoms with E-state index < -0.39 is 23.0 Å². The van der Waals surface area contributed by atoms with Crippen molar-refractivity contribution >= 4 is 11.6 Å². The van der Waals surface area contributed by atoms with Gasteiger partial charge in [0, 0.05) is 25.2 Å². The van der Waals surface area contributed by atoms with Crippen LogP contribution in [0.15, 0.2) is 18.5 Å². The maximum atomic E-state index is 14.6. The van der Waals surface area contributed by atoms with Gasteiger partial charge >= 0.3 is 0 Å². The summed E-state index contributed by atoms with van der Waals surface area (Å²) >= 11 is 0. The summed E-state index contributed by atoms with van der Waals surface area (Å²) in [4.78, 5) is 10.3. The molecular formula is C18H18F3N5O. The molecule has 0 bridgehead atoms. The number of hydrogen-bond donors (Lipinski definition) is 0. The van der Waals surface area contributed by atoms with Crippen molar-refractivity contribution in [1.82, 2.24) is 19.6 Å². The maximum absolute atomic E-state index is 14.6. The monoisotopic (exact) mass is 377 g/mol. The highest BCUT2D eigenvalue weighted by molar-refractivity contribution is 5.82. The molecule has 0 amide bonds. The third-order valence-corrected chi connectivity index (χ3v) is 4.90. The van der Waals surface area contributed by atoms with E-state index in [9.17, 15) is 13.2 Å². The van der Waals surface area contributed by atoms with Gasteiger partial charge in [-0.25, -0.2) is 13.2 Å². The number of hydrogen-bond acceptors (Lipinski definition) is 5. The van der Waals surface area contributed by atoms with Gasteiger partial charge in [-0.1, -0.05) is 6.92 Å². The fraction of sp³-hybridized carbons (Fsp3) is 0.389. The number of ether oxygens (including phenoxy) is 1. The smallest absolute Gasteiger partial charge is 0.257 e. The lowest BCUT2D eigenvalue weighted by atomic mass is 9.98. The molecule has 4 rings (SSSR count). The average molecular weight is 377 g/mol. The van der Waals surface area contributed by atoms with Crippen molar-refractivity contribution in [2.24, 2.45) is 5.92 Å². The summed E-state index contributed by atoms with van der Waals surface area (Å²) in [6.07, 6.45) is 3.17. The molecule has 1 aromatic carbocycles. The summed E-state index contributed by atoms with van der Waals surface area (Å²) in [7, 11) is 1.36. The number of halogens is 3. The van der Waals surface area contributed by atoms with Crippen LogP contribution >= 0.6 is 0 Å². The zero-order valence-electron chi connectivity index (χ0n) is 14.9. The zero-order chi connectivity index (χ0) is 19.1. The van der Waals surface area contributed by atoms with E-state index in [0.717, 1.165) is 12.8 Å². The molecule has 27 heavy (non-hydrogen) atoms. The lowest BCUT2D eigenvalue weighted by Gasteiger charge is -2.33. The Morgan fingerprint density at radius 2 is 1.74 bits per heavy atom. The second kappa shape index (κ2) is 6.71. The molecule has 0 atom stereocenters. The highest BCUT2D eigenvalue weighted by Gasteiger charge is 2.30. The summed E-state index contributed by atoms with van der Waals surface area (Å²) < 4.78 is 49.5. The molecule has 3 heterocycles. The van der Waals surface area contributed by atoms with Crippen LogP contribution in [0.5, 0.6) is 5.88 Å². The largest absolute Gasteiger partial charge is 0.480 e. The van der Waals surface area contributed by atoms with E-state index in [2.05, 4.69) is 22.0 Å². The van der Waals surface area contributed by atoms with Gasteiger partial charge in [0.15, 0.2) is 0 Å². The number of nitrogens with zero attached hydrogens (tertiary/aromatic N) is 5. The first-order valence-corrected chi connectivity index (χ1v) is 8.67. The Kier molecular flexibility index (Phi) is 4.37. The van der Waals surface area contributed by atoms with E-state index in [1.807, 2.05) is 4.90 Å². The van der Waals surface area contributed by atoms with Gasteiger partial charge in [-0.3, -0.25) is 0 Å². The fourth-order valence-electron chi connectivity index (χ4n) is 3.47. The number of benzene rings is 1. The van der Waals surface area contributed by atoms with E-state index in [1.165, 1.54) is 18.0 Å². The van der Waals surface area contributed by atoms with Gasteiger partial charge in [0.1, 0.15) is 29.6 Å². The first-order chi connectivity index (χ1) is 13.0. The molecule has 0 unspecified atom stereocenters. The molecule has 0 aliphatic carbocycles. The van der Waals surface area contributed by atoms with Crippen LogP contribution in [0.1, 0.15) is 19.8 Å². The summed E-state index contributed by atoms with van der Waals surface area (Å²) in [6, 6.07) is 1.29. The van der Waals surface area contributed by atoms with Gasteiger partial charge in [-0.05, 0) is 18.8 Å². The lowest BCUT2D eigenvalue weighted by Crippen LogP contribution is -2.35. The number of aromatic nitrogens is 4. The van der Waals surface area contributed by atoms with E-state index in [4.69, 9.17) is 4.74 Å². The van der Waals surface area contributed by atoms with Crippen LogP contribution in [-0.4, -0.2) is 39.8 Å². The van der Waals surface area contributed by atoms with Crippen LogP contribution in [0.2, 0.25) is 0 Å². The molecule has 0 spiro atoms. The van der Waals surface area contributed by atoms with Gasteiger partial charge in [-0.15, -0.1) is 0 Å². The summed E-state index contributed by atoms with van der Waals surface area (Å²) in [5.41, 5.74) is -0.299. The van der Waals surface area contributed by atoms with Crippen LogP contribution in [0.25, 0.3) is 16.9 Å². The Morgan fingerprint density at radius 1 is 1.07 bits per heavy atom. The Morgan fingerprint density at radius 3 is 2.37 bits per heavy atom. The highest BCUT2D eigenvalue weighted by Crippen LogP contribution is 2.41. The van der Waals surface area contributed by atoms with Gasteiger partial charge in [0.05, 0.1) is 18.2 Å². The second-order valence-electron chi connectivity index (χ2n) is 6.71. The quantitative estimate of drug-likeness (QED) is 0.700. The molecular weight excluding hydrogens is 359 g/mol.